The molecule has 2 aliphatic carbocycles. The zero-order valence-corrected chi connectivity index (χ0v) is 51.3. The van der Waals surface area contributed by atoms with E-state index < -0.39 is 17.7 Å². The van der Waals surface area contributed by atoms with Crippen LogP contribution >= 0.6 is 46.4 Å². The number of likely N-dealkylation sites (tertiary alicyclic amines) is 2. The van der Waals surface area contributed by atoms with E-state index in [0.29, 0.717) is 66.2 Å². The van der Waals surface area contributed by atoms with Gasteiger partial charge in [0.25, 0.3) is 0 Å². The largest absolute Gasteiger partial charge is 0.444 e. The lowest BCUT2D eigenvalue weighted by atomic mass is 9.94. The molecule has 0 unspecified atom stereocenters. The number of carbonyl (C=O) groups is 3. The van der Waals surface area contributed by atoms with E-state index in [1.807, 2.05) is 88.7 Å². The topological polar surface area (TPSA) is 150 Å². The van der Waals surface area contributed by atoms with Crippen LogP contribution in [0.5, 0.6) is 0 Å². The second kappa shape index (κ2) is 25.5. The fourth-order valence-electron chi connectivity index (χ4n) is 13.5. The minimum Gasteiger partial charge on any atom is -0.444 e. The molecule has 0 spiro atoms. The summed E-state index contributed by atoms with van der Waals surface area (Å²) in [6, 6.07) is 15.1. The summed E-state index contributed by atoms with van der Waals surface area (Å²) in [5, 5.41) is 6.22. The van der Waals surface area contributed by atoms with Gasteiger partial charge in [0, 0.05) is 113 Å². The van der Waals surface area contributed by atoms with Crippen molar-refractivity contribution in [3.63, 3.8) is 0 Å². The maximum absolute atomic E-state index is 14.5. The summed E-state index contributed by atoms with van der Waals surface area (Å²) in [7, 11) is 0. The molecule has 6 aliphatic rings. The van der Waals surface area contributed by atoms with Crippen molar-refractivity contribution >= 4 is 64.3 Å². The van der Waals surface area contributed by atoms with Crippen LogP contribution in [0.15, 0.2) is 86.0 Å². The summed E-state index contributed by atoms with van der Waals surface area (Å²) in [5.41, 5.74) is 10.3. The Bertz CT molecular complexity index is 3220. The number of halogens is 4. The van der Waals surface area contributed by atoms with Crippen molar-refractivity contribution in [3.8, 4) is 0 Å². The van der Waals surface area contributed by atoms with E-state index >= 15 is 0 Å². The monoisotopic (exact) mass is 1200 g/mol. The Labute approximate surface area is 507 Å². The number of amides is 3. The first-order valence-corrected chi connectivity index (χ1v) is 31.0. The summed E-state index contributed by atoms with van der Waals surface area (Å²) in [4.78, 5) is 70.7. The van der Waals surface area contributed by atoms with Crippen molar-refractivity contribution in [2.24, 2.45) is 11.8 Å². The van der Waals surface area contributed by atoms with Crippen molar-refractivity contribution in [1.29, 1.82) is 0 Å². The molecule has 0 saturated carbocycles. The van der Waals surface area contributed by atoms with Gasteiger partial charge in [-0.05, 0) is 168 Å². The smallest absolute Gasteiger partial charge is 0.411 e. The van der Waals surface area contributed by atoms with Gasteiger partial charge >= 0.3 is 6.09 Å². The molecule has 6 aromatic rings. The molecule has 440 valence electrons. The zero-order valence-electron chi connectivity index (χ0n) is 48.3. The Kier molecular flexibility index (Phi) is 18.2. The van der Waals surface area contributed by atoms with E-state index in [9.17, 15) is 14.4 Å². The number of ether oxygens (including phenoxy) is 1. The van der Waals surface area contributed by atoms with Gasteiger partial charge in [0.2, 0.25) is 11.8 Å². The number of nitrogens with one attached hydrogen (secondary N) is 1. The molecule has 8 heterocycles. The molecule has 0 bridgehead atoms. The van der Waals surface area contributed by atoms with Crippen molar-refractivity contribution in [3.05, 3.63) is 162 Å². The van der Waals surface area contributed by atoms with Crippen molar-refractivity contribution in [2.45, 2.75) is 129 Å². The second-order valence-electron chi connectivity index (χ2n) is 24.6. The molecule has 6 atom stereocenters. The summed E-state index contributed by atoms with van der Waals surface area (Å²) in [6.07, 6.45) is 18.4. The van der Waals surface area contributed by atoms with Gasteiger partial charge in [0.15, 0.2) is 0 Å². The van der Waals surface area contributed by atoms with E-state index in [4.69, 9.17) is 61.1 Å². The van der Waals surface area contributed by atoms with Crippen LogP contribution in [0, 0.1) is 25.7 Å². The normalized spacial score (nSPS) is 23.1. The molecule has 20 heteroatoms. The van der Waals surface area contributed by atoms with Crippen LogP contribution in [-0.4, -0.2) is 155 Å². The van der Waals surface area contributed by atoms with Crippen LogP contribution in [0.25, 0.3) is 0 Å². The van der Waals surface area contributed by atoms with Gasteiger partial charge < -0.3 is 29.0 Å². The van der Waals surface area contributed by atoms with Gasteiger partial charge in [0.05, 0.1) is 63.6 Å². The molecule has 4 aromatic heterocycles. The van der Waals surface area contributed by atoms with Gasteiger partial charge in [-0.15, -0.1) is 0 Å². The Hall–Kier alpha value is -5.59. The summed E-state index contributed by atoms with van der Waals surface area (Å²) < 4.78 is 10.1. The van der Waals surface area contributed by atoms with Crippen molar-refractivity contribution in [2.75, 3.05) is 65.4 Å². The molecule has 1 N–H and O–H groups in total. The molecule has 4 fully saturated rings. The number of benzene rings is 2. The highest BCUT2D eigenvalue weighted by atomic mass is 35.5. The predicted octanol–water partition coefficient (Wildman–Crippen LogP) is 10.2. The zero-order chi connectivity index (χ0) is 58.1. The number of aromatic nitrogens is 6. The second-order valence-corrected chi connectivity index (χ2v) is 26.3. The van der Waals surface area contributed by atoms with E-state index in [1.54, 1.807) is 17.3 Å². The van der Waals surface area contributed by atoms with Crippen LogP contribution in [0.1, 0.15) is 115 Å². The third-order valence-corrected chi connectivity index (χ3v) is 18.1. The molecule has 4 aliphatic heterocycles. The molecule has 0 radical (unpaired) electrons. The summed E-state index contributed by atoms with van der Waals surface area (Å²) in [5.74, 6) is 0.923. The summed E-state index contributed by atoms with van der Waals surface area (Å²) >= 11 is 25.6. The number of hydrogen-bond acceptors (Lipinski definition) is 11. The number of piperazine rings is 2. The van der Waals surface area contributed by atoms with E-state index in [1.165, 1.54) is 16.7 Å². The SMILES string of the molecule is Cc1cn(C[C@@H]2CCCN(C(=O)[C@H]3CN([C@H]4c5ccc(Cl)cc5CCc5cc(Cl)cnc54)CCN3)C2)cn1.Cc1cn(C[C@@H]2CCCN(C(=O)[C@H]3CN([C@H]4c5ccc(Cl)cc5CCc5cc(Cl)cnc54)CCN3C(=O)OC(C)(C)C)C2)cn1. The Morgan fingerprint density at radius 1 is 0.590 bits per heavy atom. The first-order valence-electron chi connectivity index (χ1n) is 29.5. The third kappa shape index (κ3) is 13.9. The van der Waals surface area contributed by atoms with Gasteiger partial charge in [-0.25, -0.2) is 14.8 Å². The Morgan fingerprint density at radius 3 is 1.59 bits per heavy atom. The predicted molar refractivity (Wildman–Crippen MR) is 324 cm³/mol. The third-order valence-electron chi connectivity index (χ3n) is 17.3. The molecular formula is C63H76Cl4N12O4. The van der Waals surface area contributed by atoms with Gasteiger partial charge in [-0.2, -0.15) is 0 Å². The Morgan fingerprint density at radius 2 is 1.08 bits per heavy atom. The molecule has 4 saturated heterocycles. The quantitative estimate of drug-likeness (QED) is 0.155. The number of hydrogen-bond donors (Lipinski definition) is 1. The van der Waals surface area contributed by atoms with Gasteiger partial charge in [-0.3, -0.25) is 34.3 Å². The minimum atomic E-state index is -0.697. The van der Waals surface area contributed by atoms with Crippen LogP contribution in [0.4, 0.5) is 4.79 Å². The van der Waals surface area contributed by atoms with Crippen molar-refractivity contribution < 1.29 is 19.1 Å². The van der Waals surface area contributed by atoms with Crippen LogP contribution < -0.4 is 5.32 Å². The first-order chi connectivity index (χ1) is 39.9. The highest BCUT2D eigenvalue weighted by Gasteiger charge is 2.44. The summed E-state index contributed by atoms with van der Waals surface area (Å²) in [6.45, 7) is 17.7. The van der Waals surface area contributed by atoms with E-state index in [-0.39, 0.29) is 29.9 Å². The van der Waals surface area contributed by atoms with Crippen LogP contribution in [-0.2, 0) is 53.1 Å². The van der Waals surface area contributed by atoms with Crippen LogP contribution in [0.3, 0.4) is 0 Å². The number of imidazole rings is 2. The highest BCUT2D eigenvalue weighted by molar-refractivity contribution is 6.31. The standard InChI is InChI=1S/C34H42Cl2N6O3.C29H34Cl2N6O/c1-22-17-39(21-38-22)18-23-6-5-11-41(19-23)32(43)29-20-40(12-13-42(29)33(44)45-34(2,3)4)31-28-10-9-26(35)14-24(28)7-8-25-15-27(36)16-37-30(25)31;1-19-14-35(18-34-19)15-20-3-2-9-37(16-20)29(38)26-17-36(10-8-32-26)28-25-7-6-23(30)11-21(25)4-5-22-12-24(31)13-33-27(22)28/h9-10,14-17,21,23,29,31H,5-8,11-13,18-20H2,1-4H3;6-7,11-14,18,20,26,28,32H,2-5,8-10,15-17H2,1H3/t23-,29+,31-;20-,26+,28-/m00/s1. The van der Waals surface area contributed by atoms with Gasteiger partial charge in [-0.1, -0.05) is 58.5 Å². The maximum Gasteiger partial charge on any atom is 0.411 e. The Balaban J connectivity index is 0.000000176. The molecule has 83 heavy (non-hydrogen) atoms. The molecule has 3 amide bonds. The maximum atomic E-state index is 14.5. The first kappa shape index (κ1) is 59.2. The number of fused-ring (bicyclic) bond motifs is 4. The lowest BCUT2D eigenvalue weighted by molar-refractivity contribution is -0.141. The molecular weight excluding hydrogens is 1130 g/mol. The van der Waals surface area contributed by atoms with Crippen molar-refractivity contribution in [1.82, 2.24) is 58.9 Å². The van der Waals surface area contributed by atoms with E-state index in [2.05, 4.69) is 63.5 Å². The number of nitrogens with zero attached hydrogens (tertiary/aromatic N) is 11. The van der Waals surface area contributed by atoms with Gasteiger partial charge in [0.1, 0.15) is 11.6 Å². The highest BCUT2D eigenvalue weighted by Crippen LogP contribution is 2.41. The molecule has 12 rings (SSSR count). The number of rotatable bonds is 8. The number of aryl methyl sites for hydroxylation is 6. The van der Waals surface area contributed by atoms with E-state index in [0.717, 1.165) is 135 Å². The number of piperidine rings is 2. The fourth-order valence-corrected chi connectivity index (χ4v) is 14.3. The fraction of sp³-hybridized carbons (Fsp3) is 0.508. The average Bonchev–Trinajstić information content (AvgIpc) is 3.95. The number of pyridine rings is 2. The number of carbonyl (C=O) groups excluding carboxylic acids is 3. The molecule has 2 aromatic carbocycles. The average molecular weight is 1210 g/mol. The lowest BCUT2D eigenvalue weighted by Gasteiger charge is -2.46. The van der Waals surface area contributed by atoms with Crippen LogP contribution in [0.2, 0.25) is 20.1 Å². The molecule has 16 nitrogen and oxygen atoms in total. The lowest BCUT2D eigenvalue weighted by Crippen LogP contribution is -2.63. The minimum absolute atomic E-state index is 0.0342.